The topological polar surface area (TPSA) is 12.0 Å². The summed E-state index contributed by atoms with van der Waals surface area (Å²) in [6.45, 7) is 4.98. The van der Waals surface area contributed by atoms with Crippen LogP contribution in [0.1, 0.15) is 29.7 Å². The van der Waals surface area contributed by atoms with Crippen LogP contribution in [0, 0.1) is 12.7 Å². The minimum atomic E-state index is -0.165. The molecule has 1 nitrogen and oxygen atoms in total. The molecule has 2 aromatic carbocycles. The summed E-state index contributed by atoms with van der Waals surface area (Å²) >= 11 is 3.49. The standard InChI is InChI=1S/C17H19BrFN/c1-12-10-17(19)7-6-14(12)8-9-20-13(2)15-4-3-5-16(18)11-15/h3-7,10-11,13,20H,8-9H2,1-2H3. The lowest BCUT2D eigenvalue weighted by atomic mass is 10.0. The van der Waals surface area contributed by atoms with Crippen LogP contribution < -0.4 is 5.32 Å². The maximum atomic E-state index is 13.0. The molecule has 106 valence electrons. The van der Waals surface area contributed by atoms with Gasteiger partial charge in [-0.25, -0.2) is 4.39 Å². The van der Waals surface area contributed by atoms with Crippen LogP contribution in [0.5, 0.6) is 0 Å². The number of hydrogen-bond acceptors (Lipinski definition) is 1. The monoisotopic (exact) mass is 335 g/mol. The predicted molar refractivity (Wildman–Crippen MR) is 85.4 cm³/mol. The fourth-order valence-electron chi connectivity index (χ4n) is 2.26. The summed E-state index contributed by atoms with van der Waals surface area (Å²) in [5.41, 5.74) is 3.47. The minimum Gasteiger partial charge on any atom is -0.310 e. The van der Waals surface area contributed by atoms with Gasteiger partial charge in [-0.05, 0) is 67.8 Å². The van der Waals surface area contributed by atoms with Crippen molar-refractivity contribution in [1.82, 2.24) is 5.32 Å². The summed E-state index contributed by atoms with van der Waals surface area (Å²) in [4.78, 5) is 0. The second-order valence-electron chi connectivity index (χ2n) is 5.05. The van der Waals surface area contributed by atoms with E-state index in [0.717, 1.165) is 23.0 Å². The third kappa shape index (κ3) is 4.15. The molecule has 0 aliphatic heterocycles. The highest BCUT2D eigenvalue weighted by atomic mass is 79.9. The van der Waals surface area contributed by atoms with Crippen molar-refractivity contribution < 1.29 is 4.39 Å². The van der Waals surface area contributed by atoms with Crippen LogP contribution in [-0.4, -0.2) is 6.54 Å². The molecular weight excluding hydrogens is 317 g/mol. The molecule has 0 saturated carbocycles. The van der Waals surface area contributed by atoms with Crippen molar-refractivity contribution in [3.05, 3.63) is 69.4 Å². The number of nitrogens with one attached hydrogen (secondary N) is 1. The quantitative estimate of drug-likeness (QED) is 0.828. The van der Waals surface area contributed by atoms with E-state index in [-0.39, 0.29) is 5.82 Å². The van der Waals surface area contributed by atoms with Crippen molar-refractivity contribution in [2.45, 2.75) is 26.3 Å². The highest BCUT2D eigenvalue weighted by Gasteiger charge is 2.06. The summed E-state index contributed by atoms with van der Waals surface area (Å²) in [6.07, 6.45) is 0.907. The number of aryl methyl sites for hydroxylation is 1. The van der Waals surface area contributed by atoms with E-state index in [1.54, 1.807) is 6.07 Å². The summed E-state index contributed by atoms with van der Waals surface area (Å²) in [5, 5.41) is 3.50. The van der Waals surface area contributed by atoms with Crippen molar-refractivity contribution in [3.63, 3.8) is 0 Å². The molecule has 1 N–H and O–H groups in total. The Labute approximate surface area is 128 Å². The number of halogens is 2. The minimum absolute atomic E-state index is 0.165. The molecule has 3 heteroatoms. The molecule has 1 atom stereocenters. The van der Waals surface area contributed by atoms with E-state index in [0.29, 0.717) is 6.04 Å². The normalized spacial score (nSPS) is 12.4. The predicted octanol–water partition coefficient (Wildman–Crippen LogP) is 4.79. The van der Waals surface area contributed by atoms with Gasteiger partial charge in [0.1, 0.15) is 5.82 Å². The molecular formula is C17H19BrFN. The molecule has 0 bridgehead atoms. The fraction of sp³-hybridized carbons (Fsp3) is 0.294. The van der Waals surface area contributed by atoms with Crippen molar-refractivity contribution in [3.8, 4) is 0 Å². The Hall–Kier alpha value is -1.19. The van der Waals surface area contributed by atoms with E-state index in [2.05, 4.69) is 40.3 Å². The second kappa shape index (κ2) is 7.00. The molecule has 0 heterocycles. The second-order valence-corrected chi connectivity index (χ2v) is 5.97. The highest BCUT2D eigenvalue weighted by Crippen LogP contribution is 2.18. The molecule has 0 saturated heterocycles. The first-order valence-corrected chi connectivity index (χ1v) is 7.59. The molecule has 0 aliphatic carbocycles. The van der Waals surface area contributed by atoms with Gasteiger partial charge in [0.15, 0.2) is 0 Å². The third-order valence-corrected chi connectivity index (χ3v) is 3.99. The first kappa shape index (κ1) is 15.2. The maximum Gasteiger partial charge on any atom is 0.123 e. The van der Waals surface area contributed by atoms with Crippen LogP contribution in [-0.2, 0) is 6.42 Å². The Morgan fingerprint density at radius 2 is 2.00 bits per heavy atom. The average Bonchev–Trinajstić information content (AvgIpc) is 2.41. The first-order chi connectivity index (χ1) is 9.56. The largest absolute Gasteiger partial charge is 0.310 e. The van der Waals surface area contributed by atoms with Crippen molar-refractivity contribution in [2.24, 2.45) is 0 Å². The van der Waals surface area contributed by atoms with E-state index in [1.807, 2.05) is 25.1 Å². The molecule has 2 rings (SSSR count). The van der Waals surface area contributed by atoms with Gasteiger partial charge < -0.3 is 5.32 Å². The van der Waals surface area contributed by atoms with Gasteiger partial charge in [-0.2, -0.15) is 0 Å². The van der Waals surface area contributed by atoms with E-state index in [1.165, 1.54) is 17.2 Å². The maximum absolute atomic E-state index is 13.0. The van der Waals surface area contributed by atoms with Crippen LogP contribution >= 0.6 is 15.9 Å². The van der Waals surface area contributed by atoms with Gasteiger partial charge in [0.05, 0.1) is 0 Å². The number of benzene rings is 2. The van der Waals surface area contributed by atoms with Crippen LogP contribution in [0.25, 0.3) is 0 Å². The van der Waals surface area contributed by atoms with Crippen molar-refractivity contribution >= 4 is 15.9 Å². The lowest BCUT2D eigenvalue weighted by molar-refractivity contribution is 0.575. The van der Waals surface area contributed by atoms with Crippen LogP contribution in [0.3, 0.4) is 0 Å². The Balaban J connectivity index is 1.89. The molecule has 0 amide bonds. The molecule has 1 unspecified atom stereocenters. The summed E-state index contributed by atoms with van der Waals surface area (Å²) in [5.74, 6) is -0.165. The van der Waals surface area contributed by atoms with Crippen molar-refractivity contribution in [2.75, 3.05) is 6.54 Å². The molecule has 20 heavy (non-hydrogen) atoms. The summed E-state index contributed by atoms with van der Waals surface area (Å²) in [7, 11) is 0. The van der Waals surface area contributed by atoms with Gasteiger partial charge >= 0.3 is 0 Å². The van der Waals surface area contributed by atoms with E-state index in [9.17, 15) is 4.39 Å². The average molecular weight is 336 g/mol. The van der Waals surface area contributed by atoms with Crippen LogP contribution in [0.15, 0.2) is 46.9 Å². The Kier molecular flexibility index (Phi) is 5.32. The Bertz CT molecular complexity index is 583. The lowest BCUT2D eigenvalue weighted by Crippen LogP contribution is -2.21. The Morgan fingerprint density at radius 3 is 2.70 bits per heavy atom. The zero-order valence-corrected chi connectivity index (χ0v) is 13.4. The molecule has 0 fully saturated rings. The first-order valence-electron chi connectivity index (χ1n) is 6.80. The van der Waals surface area contributed by atoms with Gasteiger partial charge in [0.25, 0.3) is 0 Å². The molecule has 0 radical (unpaired) electrons. The number of rotatable bonds is 5. The summed E-state index contributed by atoms with van der Waals surface area (Å²) < 4.78 is 14.1. The van der Waals surface area contributed by atoms with E-state index < -0.39 is 0 Å². The van der Waals surface area contributed by atoms with Gasteiger partial charge in [-0.15, -0.1) is 0 Å². The zero-order chi connectivity index (χ0) is 14.5. The third-order valence-electron chi connectivity index (χ3n) is 3.50. The van der Waals surface area contributed by atoms with E-state index >= 15 is 0 Å². The SMILES string of the molecule is Cc1cc(F)ccc1CCNC(C)c1cccc(Br)c1. The summed E-state index contributed by atoms with van der Waals surface area (Å²) in [6, 6.07) is 13.6. The van der Waals surface area contributed by atoms with Crippen LogP contribution in [0.4, 0.5) is 4.39 Å². The molecule has 2 aromatic rings. The van der Waals surface area contributed by atoms with Crippen LogP contribution in [0.2, 0.25) is 0 Å². The smallest absolute Gasteiger partial charge is 0.123 e. The zero-order valence-electron chi connectivity index (χ0n) is 11.8. The highest BCUT2D eigenvalue weighted by molar-refractivity contribution is 9.10. The molecule has 0 aromatic heterocycles. The van der Waals surface area contributed by atoms with Crippen molar-refractivity contribution in [1.29, 1.82) is 0 Å². The van der Waals surface area contributed by atoms with Gasteiger partial charge in [-0.1, -0.05) is 34.1 Å². The number of hydrogen-bond donors (Lipinski definition) is 1. The van der Waals surface area contributed by atoms with Gasteiger partial charge in [0, 0.05) is 10.5 Å². The van der Waals surface area contributed by atoms with Gasteiger partial charge in [0.2, 0.25) is 0 Å². The fourth-order valence-corrected chi connectivity index (χ4v) is 2.67. The van der Waals surface area contributed by atoms with E-state index in [4.69, 9.17) is 0 Å². The lowest BCUT2D eigenvalue weighted by Gasteiger charge is -2.15. The Morgan fingerprint density at radius 1 is 1.20 bits per heavy atom. The van der Waals surface area contributed by atoms with Gasteiger partial charge in [-0.3, -0.25) is 0 Å². The molecule has 0 spiro atoms. The molecule has 0 aliphatic rings.